The molecule has 0 unspecified atom stereocenters. The number of nitrogens with zero attached hydrogens (tertiary/aromatic N) is 1. The number of carboxylic acids is 1. The van der Waals surface area contributed by atoms with Crippen LogP contribution < -0.4 is 5.73 Å². The number of esters is 2. The molecule has 7 rings (SSSR count). The molecular weight excluding hydrogens is 519 g/mol. The van der Waals surface area contributed by atoms with E-state index in [9.17, 15) is 19.5 Å². The number of carboxylic acid groups (broad SMARTS) is 1. The molecule has 9 nitrogen and oxygen atoms in total. The van der Waals surface area contributed by atoms with E-state index in [0.717, 1.165) is 38.5 Å². The first-order valence-corrected chi connectivity index (χ1v) is 13.7. The van der Waals surface area contributed by atoms with Crippen LogP contribution in [-0.4, -0.2) is 51.6 Å². The van der Waals surface area contributed by atoms with Crippen LogP contribution in [0.2, 0.25) is 5.02 Å². The highest BCUT2D eigenvalue weighted by molar-refractivity contribution is 6.30. The fourth-order valence-electron chi connectivity index (χ4n) is 8.39. The highest BCUT2D eigenvalue weighted by atomic mass is 35.5. The Balaban J connectivity index is 1.15. The number of pyridine rings is 1. The highest BCUT2D eigenvalue weighted by Crippen LogP contribution is 2.67. The maximum Gasteiger partial charge on any atom is 0.342 e. The lowest BCUT2D eigenvalue weighted by molar-refractivity contribution is -0.207. The number of halogens is 2. The van der Waals surface area contributed by atoms with Crippen LogP contribution in [0.5, 0.6) is 0 Å². The fourth-order valence-corrected chi connectivity index (χ4v) is 8.50. The standard InChI is InChI=1S/C27H32ClFN2O7/c1-13(37-23(34)25-8-14-4-15(9-25)6-16(5-14)10-25)38-24(35)27(30)20(7-19-21(27)26(19,29)22(32)33)36-12-18-3-2-17(28)11-31-18/h2-3,11,13-16,19-21H,4-10,12,30H2,1H3,(H,32,33)/t13-,14?,15?,16?,19+,20+,21-,25?,26+,27-/m0/s1. The van der Waals surface area contributed by atoms with Gasteiger partial charge < -0.3 is 25.1 Å². The van der Waals surface area contributed by atoms with Crippen molar-refractivity contribution in [3.05, 3.63) is 29.0 Å². The number of carbonyl (C=O) groups is 3. The van der Waals surface area contributed by atoms with Crippen LogP contribution in [0.25, 0.3) is 0 Å². The summed E-state index contributed by atoms with van der Waals surface area (Å²) in [5.74, 6) is -3.81. The summed E-state index contributed by atoms with van der Waals surface area (Å²) >= 11 is 5.87. The molecule has 0 saturated heterocycles. The molecule has 3 N–H and O–H groups in total. The Morgan fingerprint density at radius 1 is 1.11 bits per heavy atom. The zero-order chi connectivity index (χ0) is 27.0. The summed E-state index contributed by atoms with van der Waals surface area (Å²) < 4.78 is 32.2. The fraction of sp³-hybridized carbons (Fsp3) is 0.704. The zero-order valence-corrected chi connectivity index (χ0v) is 21.9. The number of alkyl halides is 1. The van der Waals surface area contributed by atoms with Gasteiger partial charge in [-0.2, -0.15) is 0 Å². The average Bonchev–Trinajstić information content (AvgIpc) is 3.33. The van der Waals surface area contributed by atoms with Gasteiger partial charge in [0.1, 0.15) is 5.54 Å². The second kappa shape index (κ2) is 8.86. The molecule has 1 aromatic rings. The Morgan fingerprint density at radius 2 is 1.71 bits per heavy atom. The molecule has 0 aromatic carbocycles. The first-order valence-electron chi connectivity index (χ1n) is 13.3. The van der Waals surface area contributed by atoms with Crippen molar-refractivity contribution in [2.45, 2.75) is 82.1 Å². The van der Waals surface area contributed by atoms with E-state index < -0.39 is 52.8 Å². The molecule has 6 aliphatic carbocycles. The Hall–Kier alpha value is -2.30. The smallest absolute Gasteiger partial charge is 0.342 e. The van der Waals surface area contributed by atoms with Crippen molar-refractivity contribution in [1.29, 1.82) is 0 Å². The Bertz CT molecular complexity index is 1130. The third kappa shape index (κ3) is 3.93. The lowest BCUT2D eigenvalue weighted by Gasteiger charge is -2.55. The molecule has 6 fully saturated rings. The quantitative estimate of drug-likeness (QED) is 0.368. The molecule has 0 spiro atoms. The molecule has 206 valence electrons. The topological polar surface area (TPSA) is 138 Å². The third-order valence-electron chi connectivity index (χ3n) is 9.72. The van der Waals surface area contributed by atoms with Gasteiger partial charge in [0.15, 0.2) is 0 Å². The molecule has 0 amide bonds. The van der Waals surface area contributed by atoms with Crippen molar-refractivity contribution >= 4 is 29.5 Å². The number of carbonyl (C=O) groups excluding carboxylic acids is 2. The number of rotatable bonds is 8. The van der Waals surface area contributed by atoms with Crippen LogP contribution in [0.15, 0.2) is 18.3 Å². The van der Waals surface area contributed by atoms with Gasteiger partial charge in [-0.25, -0.2) is 14.0 Å². The summed E-state index contributed by atoms with van der Waals surface area (Å²) in [7, 11) is 0. The van der Waals surface area contributed by atoms with Crippen molar-refractivity contribution in [1.82, 2.24) is 4.98 Å². The van der Waals surface area contributed by atoms with Gasteiger partial charge in [-0.3, -0.25) is 9.78 Å². The van der Waals surface area contributed by atoms with Gasteiger partial charge >= 0.3 is 17.9 Å². The Labute approximate surface area is 224 Å². The first-order chi connectivity index (χ1) is 18.0. The number of aromatic nitrogens is 1. The average molecular weight is 551 g/mol. The van der Waals surface area contributed by atoms with Crippen molar-refractivity contribution in [3.63, 3.8) is 0 Å². The van der Waals surface area contributed by atoms with E-state index in [0.29, 0.717) is 28.5 Å². The molecule has 11 heteroatoms. The van der Waals surface area contributed by atoms with Gasteiger partial charge in [0, 0.05) is 25.0 Å². The second-order valence-electron chi connectivity index (χ2n) is 12.2. The molecule has 6 aliphatic rings. The lowest BCUT2D eigenvalue weighted by Crippen LogP contribution is -2.61. The van der Waals surface area contributed by atoms with E-state index in [2.05, 4.69) is 4.98 Å². The molecule has 0 aliphatic heterocycles. The number of hydrogen-bond acceptors (Lipinski definition) is 8. The van der Waals surface area contributed by atoms with Crippen LogP contribution in [0.3, 0.4) is 0 Å². The van der Waals surface area contributed by atoms with Crippen molar-refractivity contribution < 1.29 is 38.1 Å². The number of ether oxygens (including phenoxy) is 3. The predicted octanol–water partition coefficient (Wildman–Crippen LogP) is 3.41. The predicted molar refractivity (Wildman–Crippen MR) is 130 cm³/mol. The van der Waals surface area contributed by atoms with Gasteiger partial charge in [0.25, 0.3) is 0 Å². The van der Waals surface area contributed by atoms with Gasteiger partial charge in [0.05, 0.1) is 28.8 Å². The lowest BCUT2D eigenvalue weighted by atomic mass is 9.49. The highest BCUT2D eigenvalue weighted by Gasteiger charge is 2.85. The van der Waals surface area contributed by atoms with Crippen molar-refractivity contribution in [2.24, 2.45) is 40.7 Å². The summed E-state index contributed by atoms with van der Waals surface area (Å²) in [5.41, 5.74) is 1.71. The minimum absolute atomic E-state index is 0.0452. The summed E-state index contributed by atoms with van der Waals surface area (Å²) in [4.78, 5) is 42.5. The number of hydrogen-bond donors (Lipinski definition) is 2. The van der Waals surface area contributed by atoms with Gasteiger partial charge in [-0.1, -0.05) is 11.6 Å². The van der Waals surface area contributed by atoms with Crippen LogP contribution >= 0.6 is 11.6 Å². The Morgan fingerprint density at radius 3 is 2.26 bits per heavy atom. The summed E-state index contributed by atoms with van der Waals surface area (Å²) in [5, 5.41) is 9.93. The van der Waals surface area contributed by atoms with E-state index >= 15 is 4.39 Å². The van der Waals surface area contributed by atoms with Gasteiger partial charge in [0.2, 0.25) is 12.0 Å². The third-order valence-corrected chi connectivity index (χ3v) is 9.94. The monoisotopic (exact) mass is 550 g/mol. The molecular formula is C27H32ClFN2O7. The zero-order valence-electron chi connectivity index (χ0n) is 21.1. The Kier molecular flexibility index (Phi) is 6.05. The van der Waals surface area contributed by atoms with Gasteiger partial charge in [-0.05, 0) is 74.8 Å². The van der Waals surface area contributed by atoms with E-state index in [4.69, 9.17) is 31.5 Å². The molecule has 6 saturated carbocycles. The van der Waals surface area contributed by atoms with E-state index in [1.54, 1.807) is 12.1 Å². The normalized spacial score (nSPS) is 42.8. The maximum absolute atomic E-state index is 15.3. The molecule has 4 bridgehead atoms. The van der Waals surface area contributed by atoms with Crippen LogP contribution in [0.4, 0.5) is 4.39 Å². The summed E-state index contributed by atoms with van der Waals surface area (Å²) in [6, 6.07) is 3.26. The molecule has 1 aromatic heterocycles. The van der Waals surface area contributed by atoms with E-state index in [1.807, 2.05) is 0 Å². The van der Waals surface area contributed by atoms with Crippen molar-refractivity contribution in [2.75, 3.05) is 0 Å². The van der Waals surface area contributed by atoms with E-state index in [-0.39, 0.29) is 19.0 Å². The van der Waals surface area contributed by atoms with Crippen LogP contribution in [0.1, 0.15) is 57.6 Å². The largest absolute Gasteiger partial charge is 0.479 e. The molecule has 6 atom stereocenters. The number of aliphatic carboxylic acids is 1. The maximum atomic E-state index is 15.3. The molecule has 0 radical (unpaired) electrons. The first kappa shape index (κ1) is 26.0. The van der Waals surface area contributed by atoms with Crippen molar-refractivity contribution in [3.8, 4) is 0 Å². The second-order valence-corrected chi connectivity index (χ2v) is 12.6. The van der Waals surface area contributed by atoms with Crippen LogP contribution in [-0.2, 0) is 35.2 Å². The summed E-state index contributed by atoms with van der Waals surface area (Å²) in [6.45, 7) is 1.38. The molecule has 38 heavy (non-hydrogen) atoms. The minimum Gasteiger partial charge on any atom is -0.479 e. The van der Waals surface area contributed by atoms with Crippen LogP contribution in [0, 0.1) is 35.0 Å². The number of fused-ring (bicyclic) bond motifs is 1. The molecule has 1 heterocycles. The van der Waals surface area contributed by atoms with Gasteiger partial charge in [-0.15, -0.1) is 0 Å². The SMILES string of the molecule is C[C@@H](OC(=O)C12CC3CC(CC(C3)C1)C2)OC(=O)[C@@]1(N)[C@H]2[C@@H](C[C@H]1OCc1ccc(Cl)cn1)[C@]2(F)C(=O)O. The van der Waals surface area contributed by atoms with E-state index in [1.165, 1.54) is 13.1 Å². The minimum atomic E-state index is -2.65. The summed E-state index contributed by atoms with van der Waals surface area (Å²) in [6.07, 6.45) is 4.95. The number of nitrogens with two attached hydrogens (primary N) is 1.